The van der Waals surface area contributed by atoms with E-state index in [1.165, 1.54) is 20.8 Å². The molecule has 0 aromatic rings. The van der Waals surface area contributed by atoms with E-state index < -0.39 is 15.9 Å². The molecule has 1 unspecified atom stereocenters. The zero-order valence-electron chi connectivity index (χ0n) is 7.05. The Bertz CT molecular complexity index is 136. The van der Waals surface area contributed by atoms with Gasteiger partial charge in [-0.2, -0.15) is 0 Å². The summed E-state index contributed by atoms with van der Waals surface area (Å²) in [5.74, 6) is 0. The molecule has 0 aliphatic rings. The number of nitrogens with zero attached hydrogens (tertiary/aromatic N) is 1. The lowest BCUT2D eigenvalue weighted by molar-refractivity contribution is -0.152. The van der Waals surface area contributed by atoms with Crippen molar-refractivity contribution in [1.82, 2.24) is 4.90 Å². The fourth-order valence-electron chi connectivity index (χ4n) is 0.979. The van der Waals surface area contributed by atoms with E-state index >= 15 is 0 Å². The van der Waals surface area contributed by atoms with Crippen LogP contribution in [-0.2, 0) is 0 Å². The maximum Gasteiger partial charge on any atom is 0.252 e. The number of hydrogen-bond donors (Lipinski definition) is 2. The molecule has 12 heavy (non-hydrogen) atoms. The van der Waals surface area contributed by atoms with Gasteiger partial charge in [0.1, 0.15) is 12.0 Å². The third-order valence-corrected chi connectivity index (χ3v) is 1.78. The summed E-state index contributed by atoms with van der Waals surface area (Å²) in [7, 11) is 0. The van der Waals surface area contributed by atoms with Crippen molar-refractivity contribution >= 4 is 34.8 Å². The second kappa shape index (κ2) is 3.86. The van der Waals surface area contributed by atoms with Crippen molar-refractivity contribution in [1.29, 1.82) is 0 Å². The Balaban J connectivity index is 4.70. The minimum atomic E-state index is -1.83. The second-order valence-electron chi connectivity index (χ2n) is 2.96. The van der Waals surface area contributed by atoms with E-state index in [2.05, 4.69) is 0 Å². The zero-order valence-corrected chi connectivity index (χ0v) is 9.32. The normalized spacial score (nSPS) is 16.8. The highest BCUT2D eigenvalue weighted by Crippen LogP contribution is 2.36. The number of halogens is 3. The lowest BCUT2D eigenvalue weighted by Crippen LogP contribution is -2.54. The maximum absolute atomic E-state index is 9.50. The molecule has 2 N–H and O–H groups in total. The number of rotatable bonds is 2. The topological polar surface area (TPSA) is 43.7 Å². The van der Waals surface area contributed by atoms with Gasteiger partial charge in [-0.05, 0) is 20.8 Å². The summed E-state index contributed by atoms with van der Waals surface area (Å²) in [4.78, 5) is 0.949. The van der Waals surface area contributed by atoms with Crippen LogP contribution in [0.3, 0.4) is 0 Å². The van der Waals surface area contributed by atoms with E-state index in [-0.39, 0.29) is 0 Å². The number of aliphatic hydroxyl groups is 2. The van der Waals surface area contributed by atoms with Crippen molar-refractivity contribution in [2.24, 2.45) is 0 Å². The maximum atomic E-state index is 9.50. The fraction of sp³-hybridized carbons (Fsp3) is 1.00. The van der Waals surface area contributed by atoms with Gasteiger partial charge >= 0.3 is 0 Å². The van der Waals surface area contributed by atoms with Crippen LogP contribution in [0.25, 0.3) is 0 Å². The Hall–Kier alpha value is 0.750. The van der Waals surface area contributed by atoms with Gasteiger partial charge < -0.3 is 10.2 Å². The van der Waals surface area contributed by atoms with Crippen LogP contribution in [0, 0.1) is 0 Å². The molecule has 0 aromatic heterocycles. The second-order valence-corrected chi connectivity index (χ2v) is 5.19. The minimum Gasteiger partial charge on any atom is -0.378 e. The van der Waals surface area contributed by atoms with Crippen LogP contribution < -0.4 is 0 Å². The van der Waals surface area contributed by atoms with Crippen LogP contribution in [0.5, 0.6) is 0 Å². The Kier molecular flexibility index (Phi) is 4.10. The van der Waals surface area contributed by atoms with E-state index in [0.717, 1.165) is 4.90 Å². The molecule has 0 aliphatic heterocycles. The van der Waals surface area contributed by atoms with Crippen LogP contribution in [0.4, 0.5) is 0 Å². The zero-order chi connectivity index (χ0) is 10.2. The third kappa shape index (κ3) is 3.64. The molecule has 6 heteroatoms. The van der Waals surface area contributed by atoms with E-state index in [0.29, 0.717) is 0 Å². The first-order valence-electron chi connectivity index (χ1n) is 3.33. The average Bonchev–Trinajstić information content (AvgIpc) is 1.49. The molecule has 0 rings (SSSR count). The van der Waals surface area contributed by atoms with Crippen LogP contribution in [0.2, 0.25) is 0 Å². The molecule has 0 fully saturated rings. The molecule has 0 saturated heterocycles. The SMILES string of the molecule is CC(O)N(C(C)(C)O)C(Cl)(Cl)Cl. The molecule has 0 heterocycles. The summed E-state index contributed by atoms with van der Waals surface area (Å²) >= 11 is 16.5. The standard InChI is InChI=1S/C6H12Cl3NO2/c1-4(11)10(5(2,3)12)6(7,8)9/h4,11-12H,1-3H3. The molecule has 0 amide bonds. The van der Waals surface area contributed by atoms with Gasteiger partial charge in [-0.1, -0.05) is 34.8 Å². The summed E-state index contributed by atoms with van der Waals surface area (Å²) in [6.07, 6.45) is -1.04. The molecular formula is C6H12Cl3NO2. The van der Waals surface area contributed by atoms with Crippen LogP contribution >= 0.6 is 34.8 Å². The van der Waals surface area contributed by atoms with Crippen molar-refractivity contribution in [2.75, 3.05) is 0 Å². The predicted octanol–water partition coefficient (Wildman–Crippen LogP) is 1.68. The first kappa shape index (κ1) is 12.8. The van der Waals surface area contributed by atoms with E-state index in [1.807, 2.05) is 0 Å². The Morgan fingerprint density at radius 3 is 1.58 bits per heavy atom. The van der Waals surface area contributed by atoms with E-state index in [1.54, 1.807) is 0 Å². The van der Waals surface area contributed by atoms with Gasteiger partial charge in [0.05, 0.1) is 0 Å². The van der Waals surface area contributed by atoms with E-state index in [9.17, 15) is 10.2 Å². The average molecular weight is 237 g/mol. The first-order valence-corrected chi connectivity index (χ1v) is 4.47. The quantitative estimate of drug-likeness (QED) is 0.436. The fourth-order valence-corrected chi connectivity index (χ4v) is 2.02. The smallest absolute Gasteiger partial charge is 0.252 e. The Morgan fingerprint density at radius 1 is 1.25 bits per heavy atom. The van der Waals surface area contributed by atoms with E-state index in [4.69, 9.17) is 34.8 Å². The molecule has 0 bridgehead atoms. The van der Waals surface area contributed by atoms with Crippen LogP contribution in [0.15, 0.2) is 0 Å². The van der Waals surface area contributed by atoms with Crippen molar-refractivity contribution in [2.45, 2.75) is 36.6 Å². The summed E-state index contributed by atoms with van der Waals surface area (Å²) in [5, 5.41) is 18.7. The van der Waals surface area contributed by atoms with Gasteiger partial charge in [0.15, 0.2) is 0 Å². The molecule has 74 valence electrons. The van der Waals surface area contributed by atoms with Gasteiger partial charge in [-0.15, -0.1) is 0 Å². The van der Waals surface area contributed by atoms with Gasteiger partial charge in [-0.3, -0.25) is 0 Å². The highest BCUT2D eigenvalue weighted by molar-refractivity contribution is 6.67. The Labute approximate surface area is 86.8 Å². The number of alkyl halides is 3. The third-order valence-electron chi connectivity index (χ3n) is 1.24. The monoisotopic (exact) mass is 235 g/mol. The predicted molar refractivity (Wildman–Crippen MR) is 50.1 cm³/mol. The molecule has 1 atom stereocenters. The highest BCUT2D eigenvalue weighted by Gasteiger charge is 2.41. The minimum absolute atomic E-state index is 0.949. The molecule has 0 spiro atoms. The highest BCUT2D eigenvalue weighted by atomic mass is 35.6. The van der Waals surface area contributed by atoms with Crippen LogP contribution in [0.1, 0.15) is 20.8 Å². The number of hydrogen-bond acceptors (Lipinski definition) is 3. The molecule has 0 saturated carbocycles. The summed E-state index contributed by atoms with van der Waals surface area (Å²) < 4.78 is -1.83. The first-order chi connectivity index (χ1) is 5.07. The molecule has 0 radical (unpaired) electrons. The summed E-state index contributed by atoms with van der Waals surface area (Å²) in [6.45, 7) is 4.24. The number of aliphatic hydroxyl groups excluding tert-OH is 1. The van der Waals surface area contributed by atoms with Crippen LogP contribution in [-0.4, -0.2) is 31.0 Å². The summed E-state index contributed by atoms with van der Waals surface area (Å²) in [5.41, 5.74) is -1.39. The van der Waals surface area contributed by atoms with Gasteiger partial charge in [0, 0.05) is 0 Å². The van der Waals surface area contributed by atoms with Crippen molar-refractivity contribution in [3.8, 4) is 0 Å². The van der Waals surface area contributed by atoms with Crippen molar-refractivity contribution < 1.29 is 10.2 Å². The van der Waals surface area contributed by atoms with Crippen molar-refractivity contribution in [3.05, 3.63) is 0 Å². The van der Waals surface area contributed by atoms with Gasteiger partial charge in [0.25, 0.3) is 3.92 Å². The molecule has 0 aliphatic carbocycles. The van der Waals surface area contributed by atoms with Gasteiger partial charge in [0.2, 0.25) is 0 Å². The molecular weight excluding hydrogens is 224 g/mol. The molecule has 3 nitrogen and oxygen atoms in total. The van der Waals surface area contributed by atoms with Gasteiger partial charge in [-0.25, -0.2) is 4.90 Å². The lowest BCUT2D eigenvalue weighted by atomic mass is 10.2. The Morgan fingerprint density at radius 2 is 1.58 bits per heavy atom. The largest absolute Gasteiger partial charge is 0.378 e. The summed E-state index contributed by atoms with van der Waals surface area (Å²) in [6, 6.07) is 0. The van der Waals surface area contributed by atoms with Crippen molar-refractivity contribution in [3.63, 3.8) is 0 Å². The molecule has 0 aromatic carbocycles. The lowest BCUT2D eigenvalue weighted by Gasteiger charge is -2.40.